The number of ether oxygens (including phenoxy) is 1. The molecule has 0 unspecified atom stereocenters. The quantitative estimate of drug-likeness (QED) is 0.162. The number of nitrogens with one attached hydrogen (secondary N) is 2. The maximum absolute atomic E-state index is 10.8. The summed E-state index contributed by atoms with van der Waals surface area (Å²) in [5.41, 5.74) is 9.58. The molecule has 0 saturated carbocycles. The first-order chi connectivity index (χ1) is 17.1. The number of thioether (sulfide) groups is 1. The number of anilines is 1. The number of carbonyl (C=O) groups is 1. The van der Waals surface area contributed by atoms with Crippen LogP contribution in [0.2, 0.25) is 0 Å². The minimum Gasteiger partial charge on any atom is -0.495 e. The smallest absolute Gasteiger partial charge is 0.386 e. The zero-order valence-electron chi connectivity index (χ0n) is 21.4. The molecule has 0 aliphatic carbocycles. The summed E-state index contributed by atoms with van der Waals surface area (Å²) in [6.45, 7) is 3.55. The predicted octanol–water partition coefficient (Wildman–Crippen LogP) is 5.07. The van der Waals surface area contributed by atoms with Crippen molar-refractivity contribution in [2.45, 2.75) is 32.9 Å². The third-order valence-electron chi connectivity index (χ3n) is 4.14. The third-order valence-corrected chi connectivity index (χ3v) is 4.93. The molecule has 36 heavy (non-hydrogen) atoms. The number of carbonyl (C=O) groups excluding carboxylic acids is 1. The molecule has 7 nitrogen and oxygen atoms in total. The topological polar surface area (TPSA) is 102 Å². The molecule has 2 rings (SSSR count). The number of aryl methyl sites for hydroxylation is 1. The second-order valence-electron chi connectivity index (χ2n) is 7.23. The van der Waals surface area contributed by atoms with Gasteiger partial charge in [-0.25, -0.2) is 0 Å². The molecule has 4 N–H and O–H groups in total. The van der Waals surface area contributed by atoms with E-state index in [4.69, 9.17) is 10.5 Å². The molecular formula is C25H36F3N5O2S. The molecule has 0 amide bonds. The van der Waals surface area contributed by atoms with Gasteiger partial charge < -0.3 is 25.9 Å². The molecular weight excluding hydrogens is 491 g/mol. The number of rotatable bonds is 11. The number of benzene rings is 1. The highest BCUT2D eigenvalue weighted by atomic mass is 32.2. The van der Waals surface area contributed by atoms with E-state index >= 15 is 0 Å². The van der Waals surface area contributed by atoms with Crippen LogP contribution in [0.5, 0.6) is 5.75 Å². The van der Waals surface area contributed by atoms with Crippen LogP contribution in [0.4, 0.5) is 18.9 Å². The second-order valence-corrected chi connectivity index (χ2v) is 8.08. The lowest BCUT2D eigenvalue weighted by Gasteiger charge is -2.11. The van der Waals surface area contributed by atoms with Gasteiger partial charge in [-0.3, -0.25) is 9.98 Å². The van der Waals surface area contributed by atoms with Gasteiger partial charge in [0.1, 0.15) is 12.0 Å². The van der Waals surface area contributed by atoms with E-state index in [0.717, 1.165) is 52.3 Å². The highest BCUT2D eigenvalue weighted by Crippen LogP contribution is 2.28. The zero-order valence-corrected chi connectivity index (χ0v) is 22.2. The first-order valence-electron chi connectivity index (χ1n) is 11.0. The average molecular weight is 528 g/mol. The van der Waals surface area contributed by atoms with E-state index < -0.39 is 6.18 Å². The van der Waals surface area contributed by atoms with Gasteiger partial charge in [-0.05, 0) is 61.0 Å². The SMILES string of the molecule is CC(F)(F)F.CNc1ccc(/C(=C/NC=NCCCN)SC)cc1CC=O.COc1cncc(C)c1. The number of aliphatic imine (C=N–C) groups is 1. The third kappa shape index (κ3) is 16.6. The Morgan fingerprint density at radius 2 is 1.97 bits per heavy atom. The van der Waals surface area contributed by atoms with Gasteiger partial charge in [0.25, 0.3) is 0 Å². The molecule has 200 valence electrons. The largest absolute Gasteiger partial charge is 0.495 e. The van der Waals surface area contributed by atoms with E-state index in [2.05, 4.69) is 20.6 Å². The molecule has 0 radical (unpaired) electrons. The summed E-state index contributed by atoms with van der Waals surface area (Å²) in [5.74, 6) is 0.815. The molecule has 1 heterocycles. The van der Waals surface area contributed by atoms with E-state index in [0.29, 0.717) is 13.0 Å². The van der Waals surface area contributed by atoms with Crippen LogP contribution in [0, 0.1) is 6.92 Å². The zero-order chi connectivity index (χ0) is 27.4. The average Bonchev–Trinajstić information content (AvgIpc) is 2.83. The number of nitrogens with two attached hydrogens (primary N) is 1. The molecule has 0 atom stereocenters. The fourth-order valence-electron chi connectivity index (χ4n) is 2.56. The van der Waals surface area contributed by atoms with Crippen LogP contribution in [0.1, 0.15) is 30.0 Å². The second kappa shape index (κ2) is 19.2. The fraction of sp³-hybridized carbons (Fsp3) is 0.400. The van der Waals surface area contributed by atoms with Gasteiger partial charge in [-0.2, -0.15) is 13.2 Å². The highest BCUT2D eigenvalue weighted by Gasteiger charge is 2.15. The van der Waals surface area contributed by atoms with Crippen molar-refractivity contribution >= 4 is 35.0 Å². The number of aldehydes is 1. The summed E-state index contributed by atoms with van der Waals surface area (Å²) in [6.07, 6.45) is 7.30. The monoisotopic (exact) mass is 527 g/mol. The summed E-state index contributed by atoms with van der Waals surface area (Å²) >= 11 is 1.64. The number of hydrogen-bond acceptors (Lipinski definition) is 7. The number of aromatic nitrogens is 1. The molecule has 0 fully saturated rings. The molecule has 0 saturated heterocycles. The summed E-state index contributed by atoms with van der Waals surface area (Å²) in [6, 6.07) is 8.01. The van der Waals surface area contributed by atoms with Crippen LogP contribution >= 0.6 is 11.8 Å². The summed E-state index contributed by atoms with van der Waals surface area (Å²) in [4.78, 5) is 20.0. The number of hydrogen-bond donors (Lipinski definition) is 3. The number of alkyl halides is 3. The van der Waals surface area contributed by atoms with Crippen LogP contribution in [0.25, 0.3) is 4.91 Å². The van der Waals surface area contributed by atoms with Crippen molar-refractivity contribution in [3.8, 4) is 5.75 Å². The van der Waals surface area contributed by atoms with Gasteiger partial charge in [0.2, 0.25) is 0 Å². The number of nitrogens with zero attached hydrogens (tertiary/aromatic N) is 2. The van der Waals surface area contributed by atoms with Gasteiger partial charge in [-0.15, -0.1) is 11.8 Å². The van der Waals surface area contributed by atoms with Gasteiger partial charge in [0.15, 0.2) is 0 Å². The lowest BCUT2D eigenvalue weighted by Crippen LogP contribution is -2.05. The molecule has 0 spiro atoms. The highest BCUT2D eigenvalue weighted by molar-refractivity contribution is 8.07. The van der Waals surface area contributed by atoms with Crippen LogP contribution < -0.4 is 21.1 Å². The number of pyridine rings is 1. The van der Waals surface area contributed by atoms with E-state index in [9.17, 15) is 18.0 Å². The van der Waals surface area contributed by atoms with Crippen molar-refractivity contribution in [1.82, 2.24) is 10.3 Å². The normalized spacial score (nSPS) is 11.1. The van der Waals surface area contributed by atoms with Crippen LogP contribution in [-0.2, 0) is 11.2 Å². The fourth-order valence-corrected chi connectivity index (χ4v) is 3.11. The van der Waals surface area contributed by atoms with E-state index in [1.807, 2.05) is 50.7 Å². The van der Waals surface area contributed by atoms with E-state index in [1.54, 1.807) is 37.6 Å². The Morgan fingerprint density at radius 3 is 2.47 bits per heavy atom. The Kier molecular flexibility index (Phi) is 17.6. The van der Waals surface area contributed by atoms with Crippen molar-refractivity contribution in [3.05, 3.63) is 59.5 Å². The molecule has 2 aromatic rings. The standard InChI is InChI=1S/C16H24N4OS.C7H9NO.C2H3F3/c1-18-15-5-4-14(10-13(15)6-9-21)16(22-2)11-20-12-19-8-3-7-17;1-6-3-7(9-2)5-8-4-6;1-2(3,4)5/h4-5,9-12,18H,3,6-8,17H2,1-2H3,(H,19,20);3-5H,1-2H3;1H3/b16-11-;;. The lowest BCUT2D eigenvalue weighted by molar-refractivity contribution is -0.110. The van der Waals surface area contributed by atoms with Crippen LogP contribution in [-0.4, -0.2) is 57.3 Å². The Hall–Kier alpha value is -3.05. The van der Waals surface area contributed by atoms with Gasteiger partial charge in [0, 0.05) is 49.9 Å². The maximum Gasteiger partial charge on any atom is 0.386 e. The van der Waals surface area contributed by atoms with Crippen LogP contribution in [0.15, 0.2) is 47.9 Å². The minimum atomic E-state index is -4.00. The van der Waals surface area contributed by atoms with Crippen molar-refractivity contribution in [2.24, 2.45) is 10.7 Å². The Morgan fingerprint density at radius 1 is 1.28 bits per heavy atom. The molecule has 0 aliphatic heterocycles. The maximum atomic E-state index is 10.8. The van der Waals surface area contributed by atoms with Crippen molar-refractivity contribution in [1.29, 1.82) is 0 Å². The molecule has 1 aromatic heterocycles. The molecule has 0 aliphatic rings. The minimum absolute atomic E-state index is 0.188. The van der Waals surface area contributed by atoms with Gasteiger partial charge in [0.05, 0.1) is 19.6 Å². The summed E-state index contributed by atoms with van der Waals surface area (Å²) < 4.78 is 36.0. The predicted molar refractivity (Wildman–Crippen MR) is 145 cm³/mol. The molecule has 11 heteroatoms. The molecule has 1 aromatic carbocycles. The Labute approximate surface area is 215 Å². The number of halogens is 3. The van der Waals surface area contributed by atoms with Gasteiger partial charge >= 0.3 is 6.18 Å². The van der Waals surface area contributed by atoms with Gasteiger partial charge in [-0.1, -0.05) is 6.07 Å². The number of methoxy groups -OCH3 is 1. The Bertz CT molecular complexity index is 948. The first kappa shape index (κ1) is 33.0. The first-order valence-corrected chi connectivity index (χ1v) is 12.3. The summed E-state index contributed by atoms with van der Waals surface area (Å²) in [5, 5.41) is 6.18. The Balaban J connectivity index is 0.000000712. The van der Waals surface area contributed by atoms with Crippen LogP contribution in [0.3, 0.4) is 0 Å². The van der Waals surface area contributed by atoms with Crippen molar-refractivity contribution in [3.63, 3.8) is 0 Å². The van der Waals surface area contributed by atoms with Crippen molar-refractivity contribution < 1.29 is 22.7 Å². The lowest BCUT2D eigenvalue weighted by atomic mass is 10.1. The summed E-state index contributed by atoms with van der Waals surface area (Å²) in [7, 11) is 3.49. The van der Waals surface area contributed by atoms with E-state index in [-0.39, 0.29) is 6.92 Å². The van der Waals surface area contributed by atoms with Crippen molar-refractivity contribution in [2.75, 3.05) is 38.8 Å². The van der Waals surface area contributed by atoms with E-state index in [1.165, 1.54) is 0 Å². The molecule has 0 bridgehead atoms.